The summed E-state index contributed by atoms with van der Waals surface area (Å²) in [5.74, 6) is 0. The number of hydrogen-bond acceptors (Lipinski definition) is 3. The zero-order chi connectivity index (χ0) is 5.70. The Balaban J connectivity index is 2.81. The second kappa shape index (κ2) is 4.53. The Bertz CT molecular complexity index is 53.7. The molecule has 0 saturated carbocycles. The summed E-state index contributed by atoms with van der Waals surface area (Å²) in [5.41, 5.74) is 1.73. The molecule has 0 atom stereocenters. The van der Waals surface area contributed by atoms with Crippen LogP contribution in [-0.4, -0.2) is 10.9 Å². The highest BCUT2D eigenvalue weighted by Crippen LogP contribution is 2.22. The standard InChI is InChI=1S/C4H7OS2/c1-4(2)7-6-3-5/h4H,1-2H3. The van der Waals surface area contributed by atoms with Gasteiger partial charge in [0.25, 0.3) is 5.62 Å². The van der Waals surface area contributed by atoms with Crippen molar-refractivity contribution in [3.63, 3.8) is 0 Å². The lowest BCUT2D eigenvalue weighted by molar-refractivity contribution is 0.570. The lowest BCUT2D eigenvalue weighted by Gasteiger charge is -1.93. The molecule has 3 heteroatoms. The van der Waals surface area contributed by atoms with E-state index in [4.69, 9.17) is 0 Å². The van der Waals surface area contributed by atoms with Gasteiger partial charge in [-0.2, -0.15) is 0 Å². The SMILES string of the molecule is CC(C)SS[C]=O. The minimum absolute atomic E-state index is 0.520. The predicted octanol–water partition coefficient (Wildman–Crippen LogP) is 1.84. The Labute approximate surface area is 51.6 Å². The summed E-state index contributed by atoms with van der Waals surface area (Å²) in [4.78, 5) is 9.53. The molecule has 0 fully saturated rings. The Morgan fingerprint density at radius 2 is 2.14 bits per heavy atom. The minimum atomic E-state index is 0.520. The maximum Gasteiger partial charge on any atom is 0.277 e. The van der Waals surface area contributed by atoms with Gasteiger partial charge in [0.1, 0.15) is 0 Å². The van der Waals surface area contributed by atoms with Gasteiger partial charge in [0.2, 0.25) is 0 Å². The van der Waals surface area contributed by atoms with Crippen LogP contribution in [0.15, 0.2) is 0 Å². The molecule has 0 aliphatic heterocycles. The molecule has 0 N–H and O–H groups in total. The lowest BCUT2D eigenvalue weighted by atomic mass is 10.6. The zero-order valence-electron chi connectivity index (χ0n) is 4.30. The molecular formula is C4H7OS2. The fourth-order valence-electron chi connectivity index (χ4n) is 0.116. The molecule has 0 saturated heterocycles. The van der Waals surface area contributed by atoms with Crippen molar-refractivity contribution in [2.24, 2.45) is 0 Å². The van der Waals surface area contributed by atoms with E-state index in [0.29, 0.717) is 5.25 Å². The van der Waals surface area contributed by atoms with Crippen molar-refractivity contribution in [2.75, 3.05) is 0 Å². The molecule has 0 aliphatic rings. The minimum Gasteiger partial charge on any atom is -0.276 e. The quantitative estimate of drug-likeness (QED) is 0.550. The van der Waals surface area contributed by atoms with Gasteiger partial charge in [-0.3, -0.25) is 4.79 Å². The van der Waals surface area contributed by atoms with Crippen molar-refractivity contribution in [3.8, 4) is 0 Å². The van der Waals surface area contributed by atoms with E-state index in [0.717, 1.165) is 10.8 Å². The average molecular weight is 135 g/mol. The summed E-state index contributed by atoms with van der Waals surface area (Å²) in [6.45, 7) is 4.07. The number of hydrogen-bond donors (Lipinski definition) is 0. The molecule has 0 aromatic carbocycles. The van der Waals surface area contributed by atoms with E-state index in [9.17, 15) is 4.79 Å². The van der Waals surface area contributed by atoms with Crippen molar-refractivity contribution in [2.45, 2.75) is 19.1 Å². The van der Waals surface area contributed by atoms with Gasteiger partial charge in [0.05, 0.1) is 0 Å². The molecule has 7 heavy (non-hydrogen) atoms. The predicted molar refractivity (Wildman–Crippen MR) is 36.0 cm³/mol. The molecule has 0 unspecified atom stereocenters. The molecule has 0 amide bonds. The van der Waals surface area contributed by atoms with Gasteiger partial charge in [-0.15, -0.1) is 0 Å². The number of rotatable bonds is 3. The van der Waals surface area contributed by atoms with E-state index in [2.05, 4.69) is 0 Å². The second-order valence-corrected chi connectivity index (χ2v) is 3.86. The fraction of sp³-hybridized carbons (Fsp3) is 0.750. The van der Waals surface area contributed by atoms with Gasteiger partial charge >= 0.3 is 0 Å². The van der Waals surface area contributed by atoms with Crippen LogP contribution in [0.4, 0.5) is 0 Å². The van der Waals surface area contributed by atoms with Crippen molar-refractivity contribution in [1.82, 2.24) is 0 Å². The fourth-order valence-corrected chi connectivity index (χ4v) is 1.04. The smallest absolute Gasteiger partial charge is 0.276 e. The van der Waals surface area contributed by atoms with Gasteiger partial charge in [-0.1, -0.05) is 24.6 Å². The first kappa shape index (κ1) is 7.37. The molecule has 41 valence electrons. The van der Waals surface area contributed by atoms with Crippen molar-refractivity contribution >= 4 is 27.2 Å². The molecule has 0 aromatic heterocycles. The maximum absolute atomic E-state index is 9.53. The van der Waals surface area contributed by atoms with E-state index in [1.54, 1.807) is 5.62 Å². The van der Waals surface area contributed by atoms with Gasteiger partial charge in [-0.25, -0.2) is 0 Å². The summed E-state index contributed by atoms with van der Waals surface area (Å²) in [6, 6.07) is 0. The molecule has 0 aliphatic carbocycles. The Morgan fingerprint density at radius 1 is 1.57 bits per heavy atom. The summed E-state index contributed by atoms with van der Waals surface area (Å²) in [6.07, 6.45) is 0. The Morgan fingerprint density at radius 3 is 2.29 bits per heavy atom. The zero-order valence-corrected chi connectivity index (χ0v) is 5.94. The van der Waals surface area contributed by atoms with Crippen LogP contribution in [0.2, 0.25) is 0 Å². The first-order chi connectivity index (χ1) is 3.27. The van der Waals surface area contributed by atoms with Crippen molar-refractivity contribution in [3.05, 3.63) is 0 Å². The summed E-state index contributed by atoms with van der Waals surface area (Å²) in [7, 11) is 2.65. The van der Waals surface area contributed by atoms with Gasteiger partial charge < -0.3 is 0 Å². The Kier molecular flexibility index (Phi) is 4.77. The van der Waals surface area contributed by atoms with Crippen molar-refractivity contribution in [1.29, 1.82) is 0 Å². The van der Waals surface area contributed by atoms with E-state index >= 15 is 0 Å². The van der Waals surface area contributed by atoms with Gasteiger partial charge in [-0.05, 0) is 10.8 Å². The van der Waals surface area contributed by atoms with E-state index in [-0.39, 0.29) is 0 Å². The van der Waals surface area contributed by atoms with Crippen molar-refractivity contribution < 1.29 is 4.79 Å². The van der Waals surface area contributed by atoms with Gasteiger partial charge in [0, 0.05) is 5.25 Å². The highest BCUT2D eigenvalue weighted by Gasteiger charge is 1.91. The molecular weight excluding hydrogens is 128 g/mol. The molecule has 0 heterocycles. The van der Waals surface area contributed by atoms with E-state index in [1.807, 2.05) is 13.8 Å². The van der Waals surface area contributed by atoms with E-state index < -0.39 is 0 Å². The van der Waals surface area contributed by atoms with Crippen LogP contribution >= 0.6 is 21.6 Å². The first-order valence-corrected chi connectivity index (χ1v) is 4.18. The van der Waals surface area contributed by atoms with Gasteiger partial charge in [0.15, 0.2) is 0 Å². The molecule has 0 aromatic rings. The summed E-state index contributed by atoms with van der Waals surface area (Å²) in [5, 5.41) is 0.520. The lowest BCUT2D eigenvalue weighted by Crippen LogP contribution is -1.79. The molecule has 0 rings (SSSR count). The molecule has 1 nitrogen and oxygen atoms in total. The number of carbonyl (C=O) groups excluding carboxylic acids is 1. The highest BCUT2D eigenvalue weighted by molar-refractivity contribution is 8.81. The van der Waals surface area contributed by atoms with Crippen LogP contribution in [0.5, 0.6) is 0 Å². The van der Waals surface area contributed by atoms with Crippen LogP contribution in [0.1, 0.15) is 13.8 Å². The third-order valence-electron chi connectivity index (χ3n) is 0.275. The topological polar surface area (TPSA) is 17.1 Å². The van der Waals surface area contributed by atoms with Crippen LogP contribution in [0.3, 0.4) is 0 Å². The Hall–Kier alpha value is 0.370. The average Bonchev–Trinajstić information content (AvgIpc) is 1.61. The largest absolute Gasteiger partial charge is 0.277 e. The highest BCUT2D eigenvalue weighted by atomic mass is 33.1. The van der Waals surface area contributed by atoms with Crippen LogP contribution in [-0.2, 0) is 4.79 Å². The molecule has 0 bridgehead atoms. The second-order valence-electron chi connectivity index (χ2n) is 1.31. The third kappa shape index (κ3) is 6.37. The maximum atomic E-state index is 9.53. The van der Waals surface area contributed by atoms with Crippen LogP contribution in [0.25, 0.3) is 0 Å². The first-order valence-electron chi connectivity index (χ1n) is 1.97. The van der Waals surface area contributed by atoms with Crippen LogP contribution in [0, 0.1) is 0 Å². The third-order valence-corrected chi connectivity index (χ3v) is 2.47. The summed E-state index contributed by atoms with van der Waals surface area (Å²) >= 11 is 0. The van der Waals surface area contributed by atoms with E-state index in [1.165, 1.54) is 10.8 Å². The summed E-state index contributed by atoms with van der Waals surface area (Å²) < 4.78 is 0. The molecule has 1 radical (unpaired) electrons. The molecule has 0 spiro atoms. The van der Waals surface area contributed by atoms with Crippen LogP contribution < -0.4 is 0 Å². The monoisotopic (exact) mass is 135 g/mol. The normalized spacial score (nSPS) is 9.57.